The first-order valence-electron chi connectivity index (χ1n) is 9.62. The Morgan fingerprint density at radius 3 is 2.27 bits per heavy atom. The molecule has 0 aliphatic heterocycles. The fourth-order valence-corrected chi connectivity index (χ4v) is 3.04. The van der Waals surface area contributed by atoms with E-state index < -0.39 is 0 Å². The van der Waals surface area contributed by atoms with Crippen molar-refractivity contribution in [3.8, 4) is 0 Å². The number of nitrogens with zero attached hydrogens (tertiary/aromatic N) is 3. The van der Waals surface area contributed by atoms with Crippen LogP contribution >= 0.6 is 0 Å². The SMILES string of the molecule is CCCN(CCC)c1cc(C(=O)N(Cc2ccccc2)C(C)C)ccn1. The number of anilines is 1. The van der Waals surface area contributed by atoms with Crippen LogP contribution in [0, 0.1) is 0 Å². The quantitative estimate of drug-likeness (QED) is 0.652. The van der Waals surface area contributed by atoms with Crippen LogP contribution < -0.4 is 4.90 Å². The van der Waals surface area contributed by atoms with Crippen LogP contribution in [0.4, 0.5) is 5.82 Å². The lowest BCUT2D eigenvalue weighted by Gasteiger charge is -2.28. The van der Waals surface area contributed by atoms with E-state index in [-0.39, 0.29) is 11.9 Å². The molecule has 1 heterocycles. The zero-order valence-electron chi connectivity index (χ0n) is 16.5. The maximum absolute atomic E-state index is 13.2. The number of aromatic nitrogens is 1. The van der Waals surface area contributed by atoms with Crippen molar-refractivity contribution in [2.75, 3.05) is 18.0 Å². The zero-order valence-corrected chi connectivity index (χ0v) is 16.5. The van der Waals surface area contributed by atoms with Crippen molar-refractivity contribution in [1.29, 1.82) is 0 Å². The monoisotopic (exact) mass is 353 g/mol. The second-order valence-corrected chi connectivity index (χ2v) is 6.90. The van der Waals surface area contributed by atoms with E-state index in [1.165, 1.54) is 0 Å². The van der Waals surface area contributed by atoms with Gasteiger partial charge in [0.1, 0.15) is 5.82 Å². The maximum Gasteiger partial charge on any atom is 0.254 e. The van der Waals surface area contributed by atoms with Crippen LogP contribution in [-0.2, 0) is 6.54 Å². The molecule has 4 nitrogen and oxygen atoms in total. The fourth-order valence-electron chi connectivity index (χ4n) is 3.04. The molecule has 0 radical (unpaired) electrons. The lowest BCUT2D eigenvalue weighted by molar-refractivity contribution is 0.0690. The van der Waals surface area contributed by atoms with Crippen molar-refractivity contribution >= 4 is 11.7 Å². The Hall–Kier alpha value is -2.36. The molecule has 0 aliphatic rings. The highest BCUT2D eigenvalue weighted by Crippen LogP contribution is 2.18. The summed E-state index contributed by atoms with van der Waals surface area (Å²) in [6.07, 6.45) is 3.87. The van der Waals surface area contributed by atoms with Gasteiger partial charge < -0.3 is 9.80 Å². The Morgan fingerprint density at radius 1 is 1.04 bits per heavy atom. The molecule has 0 fully saturated rings. The van der Waals surface area contributed by atoms with Gasteiger partial charge in [-0.1, -0.05) is 44.2 Å². The predicted octanol–water partition coefficient (Wildman–Crippen LogP) is 4.76. The van der Waals surface area contributed by atoms with Crippen LogP contribution in [-0.4, -0.2) is 34.9 Å². The third-order valence-corrected chi connectivity index (χ3v) is 4.38. The number of benzene rings is 1. The second-order valence-electron chi connectivity index (χ2n) is 6.90. The summed E-state index contributed by atoms with van der Waals surface area (Å²) in [7, 11) is 0. The molecule has 4 heteroatoms. The Labute approximate surface area is 157 Å². The number of amides is 1. The van der Waals surface area contributed by atoms with Crippen LogP contribution in [0.15, 0.2) is 48.7 Å². The molecule has 2 rings (SSSR count). The molecule has 0 saturated heterocycles. The first-order valence-corrected chi connectivity index (χ1v) is 9.62. The van der Waals surface area contributed by atoms with Crippen LogP contribution in [0.3, 0.4) is 0 Å². The van der Waals surface area contributed by atoms with Crippen LogP contribution in [0.5, 0.6) is 0 Å². The number of carbonyl (C=O) groups excluding carboxylic acids is 1. The fraction of sp³-hybridized carbons (Fsp3) is 0.455. The molecule has 0 bridgehead atoms. The van der Waals surface area contributed by atoms with Gasteiger partial charge in [0.05, 0.1) is 0 Å². The molecule has 0 saturated carbocycles. The van der Waals surface area contributed by atoms with E-state index in [2.05, 4.69) is 49.7 Å². The molecular weight excluding hydrogens is 322 g/mol. The minimum atomic E-state index is 0.0560. The van der Waals surface area contributed by atoms with Gasteiger partial charge in [-0.15, -0.1) is 0 Å². The van der Waals surface area contributed by atoms with Crippen molar-refractivity contribution in [2.45, 2.75) is 53.1 Å². The molecule has 0 N–H and O–H groups in total. The summed E-state index contributed by atoms with van der Waals surface area (Å²) in [6.45, 7) is 11.0. The summed E-state index contributed by atoms with van der Waals surface area (Å²) in [6, 6.07) is 14.0. The molecule has 0 atom stereocenters. The van der Waals surface area contributed by atoms with Crippen LogP contribution in [0.1, 0.15) is 56.5 Å². The molecule has 2 aromatic rings. The summed E-state index contributed by atoms with van der Waals surface area (Å²) in [5.41, 5.74) is 1.85. The highest BCUT2D eigenvalue weighted by molar-refractivity contribution is 5.95. The molecule has 0 aliphatic carbocycles. The molecule has 1 aromatic heterocycles. The van der Waals surface area contributed by atoms with E-state index in [9.17, 15) is 4.79 Å². The Bertz CT molecular complexity index is 679. The highest BCUT2D eigenvalue weighted by Gasteiger charge is 2.20. The van der Waals surface area contributed by atoms with Gasteiger partial charge in [0.15, 0.2) is 0 Å². The van der Waals surface area contributed by atoms with E-state index in [0.29, 0.717) is 12.1 Å². The molecule has 140 valence electrons. The molecule has 26 heavy (non-hydrogen) atoms. The Morgan fingerprint density at radius 2 is 1.69 bits per heavy atom. The smallest absolute Gasteiger partial charge is 0.254 e. The van der Waals surface area contributed by atoms with Crippen molar-refractivity contribution in [3.63, 3.8) is 0 Å². The standard InChI is InChI=1S/C22H31N3O/c1-5-14-24(15-6-2)21-16-20(12-13-23-21)22(26)25(18(3)4)17-19-10-8-7-9-11-19/h7-13,16,18H,5-6,14-15,17H2,1-4H3. The van der Waals surface area contributed by atoms with Crippen molar-refractivity contribution in [1.82, 2.24) is 9.88 Å². The topological polar surface area (TPSA) is 36.4 Å². The van der Waals surface area contributed by atoms with Crippen LogP contribution in [0.2, 0.25) is 0 Å². The van der Waals surface area contributed by atoms with Gasteiger partial charge in [-0.05, 0) is 44.4 Å². The van der Waals surface area contributed by atoms with E-state index in [4.69, 9.17) is 0 Å². The number of carbonyl (C=O) groups is 1. The minimum absolute atomic E-state index is 0.0560. The molecule has 1 amide bonds. The lowest BCUT2D eigenvalue weighted by atomic mass is 10.1. The van der Waals surface area contributed by atoms with E-state index in [0.717, 1.165) is 37.3 Å². The summed E-state index contributed by atoms with van der Waals surface area (Å²) >= 11 is 0. The van der Waals surface area contributed by atoms with Gasteiger partial charge in [-0.25, -0.2) is 4.98 Å². The van der Waals surface area contributed by atoms with Gasteiger partial charge >= 0.3 is 0 Å². The lowest BCUT2D eigenvalue weighted by Crippen LogP contribution is -2.36. The number of hydrogen-bond donors (Lipinski definition) is 0. The van der Waals surface area contributed by atoms with Gasteiger partial charge in [-0.3, -0.25) is 4.79 Å². The summed E-state index contributed by atoms with van der Waals surface area (Å²) < 4.78 is 0. The molecule has 0 unspecified atom stereocenters. The molecule has 1 aromatic carbocycles. The Balaban J connectivity index is 2.24. The minimum Gasteiger partial charge on any atom is -0.357 e. The third kappa shape index (κ3) is 5.32. The first-order chi connectivity index (χ1) is 12.6. The van der Waals surface area contributed by atoms with Gasteiger partial charge in [0.25, 0.3) is 5.91 Å². The second kappa shape index (κ2) is 9.95. The first kappa shape index (κ1) is 20.0. The van der Waals surface area contributed by atoms with Gasteiger partial charge in [0.2, 0.25) is 0 Å². The highest BCUT2D eigenvalue weighted by atomic mass is 16.2. The van der Waals surface area contributed by atoms with Crippen LogP contribution in [0.25, 0.3) is 0 Å². The van der Waals surface area contributed by atoms with E-state index in [1.54, 1.807) is 6.20 Å². The Kier molecular flexibility index (Phi) is 7.64. The van der Waals surface area contributed by atoms with Crippen molar-refractivity contribution in [2.24, 2.45) is 0 Å². The molecular formula is C22H31N3O. The maximum atomic E-state index is 13.2. The largest absolute Gasteiger partial charge is 0.357 e. The number of pyridine rings is 1. The van der Waals surface area contributed by atoms with Gasteiger partial charge in [-0.2, -0.15) is 0 Å². The van der Waals surface area contributed by atoms with E-state index >= 15 is 0 Å². The summed E-state index contributed by atoms with van der Waals surface area (Å²) in [5, 5.41) is 0. The third-order valence-electron chi connectivity index (χ3n) is 4.38. The summed E-state index contributed by atoms with van der Waals surface area (Å²) in [4.78, 5) is 21.8. The molecule has 0 spiro atoms. The summed E-state index contributed by atoms with van der Waals surface area (Å²) in [5.74, 6) is 0.948. The van der Waals surface area contributed by atoms with E-state index in [1.807, 2.05) is 35.2 Å². The zero-order chi connectivity index (χ0) is 18.9. The number of hydrogen-bond acceptors (Lipinski definition) is 3. The van der Waals surface area contributed by atoms with Crippen molar-refractivity contribution in [3.05, 3.63) is 59.8 Å². The average molecular weight is 354 g/mol. The average Bonchev–Trinajstić information content (AvgIpc) is 2.66. The number of rotatable bonds is 9. The van der Waals surface area contributed by atoms with Gasteiger partial charge in [0, 0.05) is 37.4 Å². The van der Waals surface area contributed by atoms with Crippen molar-refractivity contribution < 1.29 is 4.79 Å². The predicted molar refractivity (Wildman–Crippen MR) is 108 cm³/mol. The normalized spacial score (nSPS) is 10.8.